The lowest BCUT2D eigenvalue weighted by atomic mass is 9.90. The highest BCUT2D eigenvalue weighted by Gasteiger charge is 2.30. The van der Waals surface area contributed by atoms with E-state index in [1.165, 1.54) is 11.8 Å². The number of anilines is 1. The summed E-state index contributed by atoms with van der Waals surface area (Å²) < 4.78 is 1.63. The van der Waals surface area contributed by atoms with E-state index in [0.29, 0.717) is 22.8 Å². The maximum Gasteiger partial charge on any atom is 0.325 e. The fourth-order valence-corrected chi connectivity index (χ4v) is 3.58. The third-order valence-corrected chi connectivity index (χ3v) is 5.17. The number of benzene rings is 1. The van der Waals surface area contributed by atoms with Crippen molar-refractivity contribution >= 4 is 11.3 Å². The first-order valence-electron chi connectivity index (χ1n) is 9.04. The minimum atomic E-state index is -0.560. The van der Waals surface area contributed by atoms with E-state index in [4.69, 9.17) is 5.26 Å². The van der Waals surface area contributed by atoms with Crippen molar-refractivity contribution in [2.75, 3.05) is 18.0 Å². The molecular weight excluding hydrogens is 370 g/mol. The van der Waals surface area contributed by atoms with Gasteiger partial charge >= 0.3 is 5.69 Å². The highest BCUT2D eigenvalue weighted by Crippen LogP contribution is 2.34. The smallest absolute Gasteiger partial charge is 0.325 e. The molecule has 0 spiro atoms. The van der Waals surface area contributed by atoms with E-state index in [9.17, 15) is 9.59 Å². The van der Waals surface area contributed by atoms with E-state index in [1.54, 1.807) is 16.9 Å². The van der Waals surface area contributed by atoms with Crippen LogP contribution < -0.4 is 16.1 Å². The molecule has 0 saturated carbocycles. The monoisotopic (exact) mass is 385 g/mol. The number of hydrogen-bond donors (Lipinski definition) is 2. The number of aromatic nitrogens is 5. The van der Waals surface area contributed by atoms with Crippen molar-refractivity contribution in [2.45, 2.75) is 5.92 Å². The van der Waals surface area contributed by atoms with Gasteiger partial charge in [0, 0.05) is 37.6 Å². The molecule has 0 aliphatic carbocycles. The van der Waals surface area contributed by atoms with Crippen LogP contribution in [0.5, 0.6) is 0 Å². The SMILES string of the molecule is N#Cc1ccc(C2CN(c3cc(-c4c[nH]c(=O)[nH]c4=O)nn4ccnc34)C2)cc1. The fourth-order valence-electron chi connectivity index (χ4n) is 3.58. The van der Waals surface area contributed by atoms with Crippen LogP contribution in [0, 0.1) is 11.3 Å². The topological polar surface area (TPSA) is 123 Å². The van der Waals surface area contributed by atoms with Gasteiger partial charge in [-0.3, -0.25) is 9.78 Å². The number of nitrogens with zero attached hydrogens (tertiary/aromatic N) is 5. The number of H-pyrrole nitrogens is 2. The maximum absolute atomic E-state index is 12.2. The molecule has 4 heterocycles. The summed E-state index contributed by atoms with van der Waals surface area (Å²) in [4.78, 5) is 34.8. The van der Waals surface area contributed by atoms with Gasteiger partial charge in [-0.15, -0.1) is 0 Å². The van der Waals surface area contributed by atoms with Crippen LogP contribution in [0.1, 0.15) is 17.0 Å². The average Bonchev–Trinajstić information content (AvgIpc) is 3.16. The first kappa shape index (κ1) is 16.9. The van der Waals surface area contributed by atoms with Gasteiger partial charge in [-0.05, 0) is 23.8 Å². The normalized spacial score (nSPS) is 14.0. The van der Waals surface area contributed by atoms with E-state index in [2.05, 4.69) is 31.0 Å². The number of imidazole rings is 1. The quantitative estimate of drug-likeness (QED) is 0.547. The zero-order valence-electron chi connectivity index (χ0n) is 15.2. The molecule has 1 fully saturated rings. The van der Waals surface area contributed by atoms with Gasteiger partial charge in [0.1, 0.15) is 5.69 Å². The predicted octanol–water partition coefficient (Wildman–Crippen LogP) is 1.25. The van der Waals surface area contributed by atoms with Crippen molar-refractivity contribution in [3.8, 4) is 17.3 Å². The highest BCUT2D eigenvalue weighted by atomic mass is 16.2. The van der Waals surface area contributed by atoms with E-state index in [1.807, 2.05) is 30.3 Å². The van der Waals surface area contributed by atoms with Crippen molar-refractivity contribution in [1.29, 1.82) is 5.26 Å². The summed E-state index contributed by atoms with van der Waals surface area (Å²) in [6, 6.07) is 11.6. The van der Waals surface area contributed by atoms with E-state index < -0.39 is 11.2 Å². The summed E-state index contributed by atoms with van der Waals surface area (Å²) in [7, 11) is 0. The van der Waals surface area contributed by atoms with Gasteiger partial charge in [-0.25, -0.2) is 14.3 Å². The van der Waals surface area contributed by atoms with Crippen LogP contribution in [0.4, 0.5) is 5.69 Å². The van der Waals surface area contributed by atoms with Crippen molar-refractivity contribution in [3.05, 3.63) is 80.9 Å². The zero-order chi connectivity index (χ0) is 20.0. The highest BCUT2D eigenvalue weighted by molar-refractivity contribution is 5.75. The lowest BCUT2D eigenvalue weighted by molar-refractivity contribution is 0.525. The van der Waals surface area contributed by atoms with Gasteiger partial charge in [0.25, 0.3) is 5.56 Å². The van der Waals surface area contributed by atoms with Crippen LogP contribution in [-0.2, 0) is 0 Å². The Hall–Kier alpha value is -4.19. The number of aromatic amines is 2. The molecule has 0 bridgehead atoms. The number of fused-ring (bicyclic) bond motifs is 1. The number of nitrogens with one attached hydrogen (secondary N) is 2. The van der Waals surface area contributed by atoms with Crippen molar-refractivity contribution in [1.82, 2.24) is 24.6 Å². The molecule has 1 saturated heterocycles. The lowest BCUT2D eigenvalue weighted by Crippen LogP contribution is -2.45. The Bertz CT molecular complexity index is 1370. The zero-order valence-corrected chi connectivity index (χ0v) is 15.2. The molecule has 5 rings (SSSR count). The molecule has 9 heteroatoms. The molecule has 0 amide bonds. The van der Waals surface area contributed by atoms with Gasteiger partial charge in [0.2, 0.25) is 0 Å². The Balaban J connectivity index is 1.49. The molecule has 2 N–H and O–H groups in total. The molecule has 1 aliphatic rings. The van der Waals surface area contributed by atoms with E-state index in [0.717, 1.165) is 18.8 Å². The van der Waals surface area contributed by atoms with Gasteiger partial charge in [-0.1, -0.05) is 12.1 Å². The Kier molecular flexibility index (Phi) is 3.77. The van der Waals surface area contributed by atoms with Crippen LogP contribution >= 0.6 is 0 Å². The second-order valence-electron chi connectivity index (χ2n) is 6.93. The minimum absolute atomic E-state index is 0.283. The minimum Gasteiger partial charge on any atom is -0.367 e. The fraction of sp³-hybridized carbons (Fsp3) is 0.150. The molecular formula is C20H15N7O2. The van der Waals surface area contributed by atoms with Gasteiger partial charge < -0.3 is 9.88 Å². The third-order valence-electron chi connectivity index (χ3n) is 5.17. The second-order valence-corrected chi connectivity index (χ2v) is 6.93. The van der Waals surface area contributed by atoms with Crippen molar-refractivity contribution in [3.63, 3.8) is 0 Å². The first-order valence-corrected chi connectivity index (χ1v) is 9.04. The van der Waals surface area contributed by atoms with E-state index >= 15 is 0 Å². The molecule has 0 unspecified atom stereocenters. The van der Waals surface area contributed by atoms with Crippen LogP contribution in [0.3, 0.4) is 0 Å². The molecule has 3 aromatic heterocycles. The Morgan fingerprint density at radius 3 is 2.69 bits per heavy atom. The molecule has 0 radical (unpaired) electrons. The Morgan fingerprint density at radius 2 is 1.97 bits per heavy atom. The van der Waals surface area contributed by atoms with Gasteiger partial charge in [0.15, 0.2) is 5.65 Å². The number of nitriles is 1. The van der Waals surface area contributed by atoms with Crippen molar-refractivity contribution in [2.24, 2.45) is 0 Å². The van der Waals surface area contributed by atoms with Crippen molar-refractivity contribution < 1.29 is 0 Å². The summed E-state index contributed by atoms with van der Waals surface area (Å²) >= 11 is 0. The van der Waals surface area contributed by atoms with E-state index in [-0.39, 0.29) is 5.56 Å². The van der Waals surface area contributed by atoms with Crippen LogP contribution in [-0.4, -0.2) is 37.7 Å². The molecule has 4 aromatic rings. The van der Waals surface area contributed by atoms with Crippen LogP contribution in [0.15, 0.2) is 58.5 Å². The Labute approximate surface area is 163 Å². The third kappa shape index (κ3) is 2.87. The molecule has 1 aliphatic heterocycles. The lowest BCUT2D eigenvalue weighted by Gasteiger charge is -2.41. The summed E-state index contributed by atoms with van der Waals surface area (Å²) in [5.74, 6) is 0.353. The van der Waals surface area contributed by atoms with Gasteiger partial charge in [0.05, 0.1) is 22.9 Å². The largest absolute Gasteiger partial charge is 0.367 e. The summed E-state index contributed by atoms with van der Waals surface area (Å²) in [6.07, 6.45) is 4.75. The Morgan fingerprint density at radius 1 is 1.17 bits per heavy atom. The summed E-state index contributed by atoms with van der Waals surface area (Å²) in [6.45, 7) is 1.58. The van der Waals surface area contributed by atoms with Gasteiger partial charge in [-0.2, -0.15) is 10.4 Å². The van der Waals surface area contributed by atoms with Crippen LogP contribution in [0.2, 0.25) is 0 Å². The van der Waals surface area contributed by atoms with Crippen LogP contribution in [0.25, 0.3) is 16.9 Å². The first-order chi connectivity index (χ1) is 14.1. The average molecular weight is 385 g/mol. The molecule has 29 heavy (non-hydrogen) atoms. The predicted molar refractivity (Wildman–Crippen MR) is 106 cm³/mol. The number of hydrogen-bond acceptors (Lipinski definition) is 6. The maximum atomic E-state index is 12.2. The molecule has 1 aromatic carbocycles. The molecule has 0 atom stereocenters. The number of rotatable bonds is 3. The molecule has 142 valence electrons. The molecule has 9 nitrogen and oxygen atoms in total. The standard InChI is InChI=1S/C20H15N7O2/c21-8-12-1-3-13(4-2-12)14-10-26(11-14)17-7-16(25-27-6-5-22-18(17)27)15-9-23-20(29)24-19(15)28/h1-7,9,14H,10-11H2,(H2,23,24,28,29). The summed E-state index contributed by atoms with van der Waals surface area (Å²) in [5.41, 5.74) is 3.08. The summed E-state index contributed by atoms with van der Waals surface area (Å²) in [5, 5.41) is 13.4. The second kappa shape index (κ2) is 6.45.